The SMILES string of the molecule is CCC1CC(=O)N(Cc2cc([N+](=O)[O-])ccc2N)C1. The topological polar surface area (TPSA) is 89.5 Å². The molecule has 1 aliphatic rings. The van der Waals surface area contributed by atoms with E-state index in [-0.39, 0.29) is 11.6 Å². The molecule has 1 aromatic rings. The van der Waals surface area contributed by atoms with Crippen LogP contribution in [0, 0.1) is 16.0 Å². The number of nitrogens with two attached hydrogens (primary N) is 1. The molecule has 1 heterocycles. The number of rotatable bonds is 4. The minimum Gasteiger partial charge on any atom is -0.398 e. The quantitative estimate of drug-likeness (QED) is 0.510. The molecule has 6 heteroatoms. The predicted molar refractivity (Wildman–Crippen MR) is 71.3 cm³/mol. The fourth-order valence-corrected chi connectivity index (χ4v) is 2.33. The van der Waals surface area contributed by atoms with Gasteiger partial charge in [-0.2, -0.15) is 0 Å². The van der Waals surface area contributed by atoms with Crippen molar-refractivity contribution in [3.63, 3.8) is 0 Å². The second kappa shape index (κ2) is 5.26. The van der Waals surface area contributed by atoms with Crippen LogP contribution in [0.3, 0.4) is 0 Å². The molecule has 1 fully saturated rings. The normalized spacial score (nSPS) is 18.9. The van der Waals surface area contributed by atoms with Crippen molar-refractivity contribution in [2.45, 2.75) is 26.3 Å². The lowest BCUT2D eigenvalue weighted by molar-refractivity contribution is -0.384. The Labute approximate surface area is 111 Å². The van der Waals surface area contributed by atoms with Crippen LogP contribution in [-0.2, 0) is 11.3 Å². The molecule has 0 radical (unpaired) electrons. The molecule has 2 rings (SSSR count). The summed E-state index contributed by atoms with van der Waals surface area (Å²) in [5.74, 6) is 0.477. The number of nitro groups is 1. The zero-order chi connectivity index (χ0) is 14.0. The molecule has 0 spiro atoms. The molecule has 1 amide bonds. The van der Waals surface area contributed by atoms with E-state index in [0.717, 1.165) is 6.42 Å². The molecule has 102 valence electrons. The van der Waals surface area contributed by atoms with Crippen molar-refractivity contribution in [3.05, 3.63) is 33.9 Å². The summed E-state index contributed by atoms with van der Waals surface area (Å²) in [5, 5.41) is 10.7. The van der Waals surface area contributed by atoms with Crippen molar-refractivity contribution in [2.24, 2.45) is 5.92 Å². The monoisotopic (exact) mass is 263 g/mol. The number of nitrogens with zero attached hydrogens (tertiary/aromatic N) is 2. The van der Waals surface area contributed by atoms with Gasteiger partial charge >= 0.3 is 0 Å². The van der Waals surface area contributed by atoms with E-state index in [9.17, 15) is 14.9 Å². The minimum absolute atomic E-state index is 0.00267. The van der Waals surface area contributed by atoms with Gasteiger partial charge in [0, 0.05) is 42.9 Å². The Bertz CT molecular complexity index is 516. The molecule has 19 heavy (non-hydrogen) atoms. The Morgan fingerprint density at radius 3 is 2.84 bits per heavy atom. The van der Waals surface area contributed by atoms with Gasteiger partial charge in [0.15, 0.2) is 0 Å². The van der Waals surface area contributed by atoms with Gasteiger partial charge in [0.1, 0.15) is 0 Å². The Balaban J connectivity index is 2.17. The van der Waals surface area contributed by atoms with Crippen molar-refractivity contribution in [3.8, 4) is 0 Å². The predicted octanol–water partition coefficient (Wildman–Crippen LogP) is 1.94. The van der Waals surface area contributed by atoms with Gasteiger partial charge in [0.05, 0.1) is 4.92 Å². The fraction of sp³-hybridized carbons (Fsp3) is 0.462. The largest absolute Gasteiger partial charge is 0.398 e. The number of carbonyl (C=O) groups excluding carboxylic acids is 1. The molecule has 0 aliphatic carbocycles. The van der Waals surface area contributed by atoms with E-state index in [1.165, 1.54) is 18.2 Å². The average Bonchev–Trinajstić information content (AvgIpc) is 2.72. The minimum atomic E-state index is -0.455. The lowest BCUT2D eigenvalue weighted by atomic mass is 10.1. The molecule has 1 saturated heterocycles. The number of carbonyl (C=O) groups is 1. The highest BCUT2D eigenvalue weighted by Gasteiger charge is 2.28. The molecule has 1 atom stereocenters. The number of anilines is 1. The Morgan fingerprint density at radius 2 is 2.26 bits per heavy atom. The number of nitrogen functional groups attached to an aromatic ring is 1. The zero-order valence-corrected chi connectivity index (χ0v) is 10.8. The number of hydrogen-bond acceptors (Lipinski definition) is 4. The van der Waals surface area contributed by atoms with Gasteiger partial charge in [-0.3, -0.25) is 14.9 Å². The summed E-state index contributed by atoms with van der Waals surface area (Å²) >= 11 is 0. The average molecular weight is 263 g/mol. The Kier molecular flexibility index (Phi) is 3.69. The summed E-state index contributed by atoms with van der Waals surface area (Å²) in [5.41, 5.74) is 6.95. The maximum absolute atomic E-state index is 11.8. The first-order valence-corrected chi connectivity index (χ1v) is 6.31. The molecule has 6 nitrogen and oxygen atoms in total. The molecule has 1 aromatic carbocycles. The number of benzene rings is 1. The molecule has 2 N–H and O–H groups in total. The van der Waals surface area contributed by atoms with Gasteiger partial charge in [0.25, 0.3) is 5.69 Å². The maximum atomic E-state index is 11.8. The smallest absolute Gasteiger partial charge is 0.269 e. The number of nitro benzene ring substituents is 1. The standard InChI is InChI=1S/C13H17N3O3/c1-2-9-5-13(17)15(7-9)8-10-6-11(16(18)19)3-4-12(10)14/h3-4,6,9H,2,5,7-8,14H2,1H3. The van der Waals surface area contributed by atoms with Crippen LogP contribution >= 0.6 is 0 Å². The second-order valence-corrected chi connectivity index (χ2v) is 4.89. The summed E-state index contributed by atoms with van der Waals surface area (Å²) < 4.78 is 0. The first-order chi connectivity index (χ1) is 9.01. The summed E-state index contributed by atoms with van der Waals surface area (Å²) in [4.78, 5) is 23.8. The molecular formula is C13H17N3O3. The van der Waals surface area contributed by atoms with E-state index in [1.54, 1.807) is 4.90 Å². The van der Waals surface area contributed by atoms with E-state index in [4.69, 9.17) is 5.73 Å². The second-order valence-electron chi connectivity index (χ2n) is 4.89. The maximum Gasteiger partial charge on any atom is 0.269 e. The highest BCUT2D eigenvalue weighted by atomic mass is 16.6. The van der Waals surface area contributed by atoms with E-state index < -0.39 is 4.92 Å². The molecule has 0 saturated carbocycles. The van der Waals surface area contributed by atoms with Crippen LogP contribution in [-0.4, -0.2) is 22.3 Å². The number of non-ortho nitro benzene ring substituents is 1. The van der Waals surface area contributed by atoms with Crippen molar-refractivity contribution in [2.75, 3.05) is 12.3 Å². The van der Waals surface area contributed by atoms with Gasteiger partial charge in [-0.15, -0.1) is 0 Å². The fourth-order valence-electron chi connectivity index (χ4n) is 2.33. The summed E-state index contributed by atoms with van der Waals surface area (Å²) in [6.07, 6.45) is 1.53. The van der Waals surface area contributed by atoms with Crippen LogP contribution < -0.4 is 5.73 Å². The number of likely N-dealkylation sites (tertiary alicyclic amines) is 1. The lowest BCUT2D eigenvalue weighted by Crippen LogP contribution is -2.25. The summed E-state index contributed by atoms with van der Waals surface area (Å²) in [6, 6.07) is 4.34. The third-order valence-corrected chi connectivity index (χ3v) is 3.57. The number of hydrogen-bond donors (Lipinski definition) is 1. The molecule has 0 aromatic heterocycles. The van der Waals surface area contributed by atoms with Crippen molar-refractivity contribution in [1.29, 1.82) is 0 Å². The molecular weight excluding hydrogens is 246 g/mol. The third kappa shape index (κ3) is 2.83. The lowest BCUT2D eigenvalue weighted by Gasteiger charge is -2.17. The van der Waals surface area contributed by atoms with E-state index in [0.29, 0.717) is 36.7 Å². The van der Waals surface area contributed by atoms with Crippen LogP contribution in [0.2, 0.25) is 0 Å². The van der Waals surface area contributed by atoms with Gasteiger partial charge in [-0.1, -0.05) is 13.3 Å². The van der Waals surface area contributed by atoms with Gasteiger partial charge in [-0.25, -0.2) is 0 Å². The van der Waals surface area contributed by atoms with Gasteiger partial charge in [0.2, 0.25) is 5.91 Å². The Hall–Kier alpha value is -2.11. The first kappa shape index (κ1) is 13.3. The van der Waals surface area contributed by atoms with Crippen LogP contribution in [0.15, 0.2) is 18.2 Å². The van der Waals surface area contributed by atoms with Crippen molar-refractivity contribution >= 4 is 17.3 Å². The van der Waals surface area contributed by atoms with Crippen LogP contribution in [0.5, 0.6) is 0 Å². The highest BCUT2D eigenvalue weighted by Crippen LogP contribution is 2.26. The molecule has 1 aliphatic heterocycles. The van der Waals surface area contributed by atoms with E-state index in [2.05, 4.69) is 6.92 Å². The van der Waals surface area contributed by atoms with Crippen LogP contribution in [0.1, 0.15) is 25.3 Å². The zero-order valence-electron chi connectivity index (χ0n) is 10.8. The van der Waals surface area contributed by atoms with Gasteiger partial charge < -0.3 is 10.6 Å². The van der Waals surface area contributed by atoms with E-state index >= 15 is 0 Å². The highest BCUT2D eigenvalue weighted by molar-refractivity contribution is 5.78. The third-order valence-electron chi connectivity index (χ3n) is 3.57. The summed E-state index contributed by atoms with van der Waals surface area (Å²) in [6.45, 7) is 3.11. The first-order valence-electron chi connectivity index (χ1n) is 6.31. The molecule has 1 unspecified atom stereocenters. The van der Waals surface area contributed by atoms with Crippen LogP contribution in [0.4, 0.5) is 11.4 Å². The van der Waals surface area contributed by atoms with Gasteiger partial charge in [-0.05, 0) is 12.0 Å². The number of amides is 1. The van der Waals surface area contributed by atoms with Crippen molar-refractivity contribution in [1.82, 2.24) is 4.90 Å². The Morgan fingerprint density at radius 1 is 1.53 bits per heavy atom. The van der Waals surface area contributed by atoms with Crippen LogP contribution in [0.25, 0.3) is 0 Å². The van der Waals surface area contributed by atoms with Crippen molar-refractivity contribution < 1.29 is 9.72 Å². The molecule has 0 bridgehead atoms. The van der Waals surface area contributed by atoms with E-state index in [1.807, 2.05) is 0 Å². The summed E-state index contributed by atoms with van der Waals surface area (Å²) in [7, 11) is 0.